The second kappa shape index (κ2) is 10.7. The Kier molecular flexibility index (Phi) is 7.83. The number of unbranched alkanes of at least 4 members (excludes halogenated alkanes) is 1. The molecular weight excluding hydrogens is 438 g/mol. The number of hydrogen-bond acceptors (Lipinski definition) is 2. The number of benzene rings is 3. The van der Waals surface area contributed by atoms with Crippen molar-refractivity contribution in [2.24, 2.45) is 0 Å². The highest BCUT2D eigenvalue weighted by Crippen LogP contribution is 2.52. The molecular formula is C34H45NO. The molecule has 0 bridgehead atoms. The van der Waals surface area contributed by atoms with Crippen LogP contribution in [-0.4, -0.2) is 0 Å². The maximum atomic E-state index is 6.69. The van der Waals surface area contributed by atoms with Gasteiger partial charge >= 0.3 is 0 Å². The standard InChI is InChI=1S/C34H45NO/c1-8-11-12-25-13-17-28(18-14-25)35-29-19-15-26(33(4,5)21-9-2)23-31(29)36-32-24-27(16-20-30(32)35)34(6,7)22-10-3/h13-20,23-24H,8-12,21-22H2,1-7H3. The molecule has 1 heterocycles. The summed E-state index contributed by atoms with van der Waals surface area (Å²) in [7, 11) is 0. The summed E-state index contributed by atoms with van der Waals surface area (Å²) in [5, 5.41) is 0. The van der Waals surface area contributed by atoms with Crippen LogP contribution in [0.4, 0.5) is 17.1 Å². The van der Waals surface area contributed by atoms with Gasteiger partial charge in [-0.3, -0.25) is 0 Å². The topological polar surface area (TPSA) is 12.5 Å². The second-order valence-electron chi connectivity index (χ2n) is 11.8. The monoisotopic (exact) mass is 483 g/mol. The highest BCUT2D eigenvalue weighted by Gasteiger charge is 2.30. The van der Waals surface area contributed by atoms with Crippen LogP contribution in [0.2, 0.25) is 0 Å². The van der Waals surface area contributed by atoms with Crippen molar-refractivity contribution in [2.75, 3.05) is 4.90 Å². The van der Waals surface area contributed by atoms with Crippen LogP contribution in [0.5, 0.6) is 11.5 Å². The molecule has 3 aromatic rings. The van der Waals surface area contributed by atoms with Gasteiger partial charge in [-0.15, -0.1) is 0 Å². The molecule has 0 radical (unpaired) electrons. The summed E-state index contributed by atoms with van der Waals surface area (Å²) in [4.78, 5) is 2.38. The molecule has 0 unspecified atom stereocenters. The zero-order valence-corrected chi connectivity index (χ0v) is 23.6. The molecule has 0 spiro atoms. The Hall–Kier alpha value is -2.74. The fourth-order valence-electron chi connectivity index (χ4n) is 5.66. The Balaban J connectivity index is 1.81. The van der Waals surface area contributed by atoms with Crippen LogP contribution >= 0.6 is 0 Å². The van der Waals surface area contributed by atoms with E-state index in [2.05, 4.69) is 114 Å². The average Bonchev–Trinajstić information content (AvgIpc) is 2.85. The van der Waals surface area contributed by atoms with Gasteiger partial charge in [-0.1, -0.05) is 92.0 Å². The van der Waals surface area contributed by atoms with E-state index in [1.165, 1.54) is 48.1 Å². The second-order valence-corrected chi connectivity index (χ2v) is 11.8. The Morgan fingerprint density at radius 2 is 1.14 bits per heavy atom. The highest BCUT2D eigenvalue weighted by molar-refractivity contribution is 5.86. The first-order chi connectivity index (χ1) is 17.2. The van der Waals surface area contributed by atoms with E-state index in [9.17, 15) is 0 Å². The lowest BCUT2D eigenvalue weighted by molar-refractivity contribution is 0.448. The third-order valence-electron chi connectivity index (χ3n) is 7.95. The van der Waals surface area contributed by atoms with Gasteiger partial charge in [0.2, 0.25) is 0 Å². The van der Waals surface area contributed by atoms with Crippen LogP contribution in [0.3, 0.4) is 0 Å². The molecule has 1 aliphatic heterocycles. The Labute approximate surface area is 219 Å². The van der Waals surface area contributed by atoms with Crippen LogP contribution < -0.4 is 9.64 Å². The summed E-state index contributed by atoms with van der Waals surface area (Å²) in [6.07, 6.45) is 8.23. The van der Waals surface area contributed by atoms with Crippen molar-refractivity contribution < 1.29 is 4.74 Å². The normalized spacial score (nSPS) is 13.2. The van der Waals surface area contributed by atoms with E-state index in [0.717, 1.165) is 42.1 Å². The zero-order valence-electron chi connectivity index (χ0n) is 23.6. The Bertz CT molecular complexity index is 1100. The average molecular weight is 484 g/mol. The van der Waals surface area contributed by atoms with Crippen molar-refractivity contribution in [2.45, 2.75) is 104 Å². The van der Waals surface area contributed by atoms with Gasteiger partial charge in [0.05, 0.1) is 11.4 Å². The first-order valence-electron chi connectivity index (χ1n) is 14.1. The number of fused-ring (bicyclic) bond motifs is 2. The van der Waals surface area contributed by atoms with Crippen molar-refractivity contribution in [3.8, 4) is 11.5 Å². The van der Waals surface area contributed by atoms with E-state index in [-0.39, 0.29) is 10.8 Å². The van der Waals surface area contributed by atoms with Crippen molar-refractivity contribution >= 4 is 17.1 Å². The molecule has 0 aromatic heterocycles. The van der Waals surface area contributed by atoms with Gasteiger partial charge in [-0.2, -0.15) is 0 Å². The van der Waals surface area contributed by atoms with Crippen molar-refractivity contribution in [3.05, 3.63) is 77.4 Å². The molecule has 36 heavy (non-hydrogen) atoms. The molecule has 0 N–H and O–H groups in total. The van der Waals surface area contributed by atoms with Crippen LogP contribution in [0, 0.1) is 0 Å². The van der Waals surface area contributed by atoms with Crippen molar-refractivity contribution in [1.29, 1.82) is 0 Å². The number of hydrogen-bond donors (Lipinski definition) is 0. The minimum Gasteiger partial charge on any atom is -0.453 e. The molecule has 0 amide bonds. The molecule has 0 saturated carbocycles. The predicted molar refractivity (Wildman–Crippen MR) is 156 cm³/mol. The van der Waals surface area contributed by atoms with Crippen molar-refractivity contribution in [3.63, 3.8) is 0 Å². The number of anilines is 3. The van der Waals surface area contributed by atoms with Gasteiger partial charge in [-0.25, -0.2) is 0 Å². The van der Waals surface area contributed by atoms with Gasteiger partial charge in [0.15, 0.2) is 11.5 Å². The Morgan fingerprint density at radius 3 is 1.58 bits per heavy atom. The maximum absolute atomic E-state index is 6.69. The van der Waals surface area contributed by atoms with Gasteiger partial charge in [-0.05, 0) is 89.6 Å². The zero-order chi connectivity index (χ0) is 25.9. The van der Waals surface area contributed by atoms with Crippen molar-refractivity contribution in [1.82, 2.24) is 0 Å². The molecule has 0 atom stereocenters. The molecule has 2 nitrogen and oxygen atoms in total. The quantitative estimate of drug-likeness (QED) is 0.222. The fraction of sp³-hybridized carbons (Fsp3) is 0.471. The van der Waals surface area contributed by atoms with E-state index in [4.69, 9.17) is 4.74 Å². The summed E-state index contributed by atoms with van der Waals surface area (Å²) in [6, 6.07) is 22.8. The molecule has 3 aromatic carbocycles. The number of nitrogens with zero attached hydrogens (tertiary/aromatic N) is 1. The third-order valence-corrected chi connectivity index (χ3v) is 7.95. The van der Waals surface area contributed by atoms with E-state index >= 15 is 0 Å². The molecule has 4 rings (SSSR count). The summed E-state index contributed by atoms with van der Waals surface area (Å²) in [6.45, 7) is 16.1. The van der Waals surface area contributed by atoms with Crippen LogP contribution in [-0.2, 0) is 17.3 Å². The fourth-order valence-corrected chi connectivity index (χ4v) is 5.66. The smallest absolute Gasteiger partial charge is 0.151 e. The third kappa shape index (κ3) is 5.33. The lowest BCUT2D eigenvalue weighted by atomic mass is 9.80. The molecule has 192 valence electrons. The largest absolute Gasteiger partial charge is 0.453 e. The van der Waals surface area contributed by atoms with E-state index in [0.29, 0.717) is 0 Å². The molecule has 0 fully saturated rings. The summed E-state index contributed by atoms with van der Waals surface area (Å²) < 4.78 is 6.69. The predicted octanol–water partition coefficient (Wildman–Crippen LogP) is 10.8. The first kappa shape index (κ1) is 26.3. The van der Waals surface area contributed by atoms with Crippen LogP contribution in [0.1, 0.15) is 104 Å². The molecule has 2 heteroatoms. The van der Waals surface area contributed by atoms with E-state index in [1.54, 1.807) is 0 Å². The summed E-state index contributed by atoms with van der Waals surface area (Å²) in [5.74, 6) is 1.90. The van der Waals surface area contributed by atoms with Gasteiger partial charge in [0.25, 0.3) is 0 Å². The van der Waals surface area contributed by atoms with Gasteiger partial charge in [0, 0.05) is 5.69 Å². The SMILES string of the molecule is CCCCc1ccc(N2c3ccc(C(C)(C)CCC)cc3Oc3cc(C(C)(C)CCC)ccc32)cc1. The molecule has 0 saturated heterocycles. The minimum atomic E-state index is 0.115. The lowest BCUT2D eigenvalue weighted by Crippen LogP contribution is -2.21. The number of aryl methyl sites for hydroxylation is 1. The van der Waals surface area contributed by atoms with Gasteiger partial charge in [0.1, 0.15) is 0 Å². The minimum absolute atomic E-state index is 0.115. The first-order valence-corrected chi connectivity index (χ1v) is 14.1. The maximum Gasteiger partial charge on any atom is 0.151 e. The number of rotatable bonds is 10. The molecule has 0 aliphatic carbocycles. The highest BCUT2D eigenvalue weighted by atomic mass is 16.5. The summed E-state index contributed by atoms with van der Waals surface area (Å²) in [5.41, 5.74) is 7.72. The lowest BCUT2D eigenvalue weighted by Gasteiger charge is -2.36. The Morgan fingerprint density at radius 1 is 0.639 bits per heavy atom. The van der Waals surface area contributed by atoms with Crippen LogP contribution in [0.15, 0.2) is 60.7 Å². The van der Waals surface area contributed by atoms with E-state index < -0.39 is 0 Å². The van der Waals surface area contributed by atoms with E-state index in [1.807, 2.05) is 0 Å². The molecule has 1 aliphatic rings. The van der Waals surface area contributed by atoms with Gasteiger partial charge < -0.3 is 9.64 Å². The summed E-state index contributed by atoms with van der Waals surface area (Å²) >= 11 is 0. The van der Waals surface area contributed by atoms with Crippen LogP contribution in [0.25, 0.3) is 0 Å². The number of ether oxygens (including phenoxy) is 1.